The number of ether oxygens (including phenoxy) is 6. The molecule has 16 heteroatoms. The molecule has 0 bridgehead atoms. The molecule has 0 unspecified atom stereocenters. The number of nitrogens with zero attached hydrogens (tertiary/aromatic N) is 7. The number of imidazole rings is 1. The van der Waals surface area contributed by atoms with E-state index >= 15 is 0 Å². The summed E-state index contributed by atoms with van der Waals surface area (Å²) < 4.78 is 40.1. The second-order valence-electron chi connectivity index (χ2n) is 15.0. The first kappa shape index (κ1) is 41.4. The van der Waals surface area contributed by atoms with E-state index in [1.807, 2.05) is 95.6 Å². The third-order valence-electron chi connectivity index (χ3n) is 9.39. The zero-order valence-corrected chi connectivity index (χ0v) is 33.7. The molecule has 2 aromatic heterocycles. The zero-order valence-electron chi connectivity index (χ0n) is 32.7. The molecule has 0 aliphatic carbocycles. The fourth-order valence-corrected chi connectivity index (χ4v) is 7.13. The molecule has 0 amide bonds. The van der Waals surface area contributed by atoms with E-state index in [-0.39, 0.29) is 33.2 Å². The largest absolute Gasteiger partial charge is 0.463 e. The lowest BCUT2D eigenvalue weighted by molar-refractivity contribution is -0.235. The van der Waals surface area contributed by atoms with Gasteiger partial charge in [-0.05, 0) is 28.3 Å². The van der Waals surface area contributed by atoms with Gasteiger partial charge in [0.2, 0.25) is 0 Å². The van der Waals surface area contributed by atoms with E-state index in [0.29, 0.717) is 23.6 Å². The lowest BCUT2D eigenvalue weighted by atomic mass is 9.92. The van der Waals surface area contributed by atoms with E-state index in [9.17, 15) is 10.3 Å². The molecule has 3 aromatic carbocycles. The van der Waals surface area contributed by atoms with Gasteiger partial charge in [0, 0.05) is 26.5 Å². The molecule has 1 saturated heterocycles. The van der Waals surface area contributed by atoms with Crippen LogP contribution < -0.4 is 5.32 Å². The van der Waals surface area contributed by atoms with Crippen molar-refractivity contribution < 1.29 is 33.2 Å². The molecule has 57 heavy (non-hydrogen) atoms. The maximum absolute atomic E-state index is 12.2. The summed E-state index contributed by atoms with van der Waals surface area (Å²) in [5, 5.41) is 7.70. The van der Waals surface area contributed by atoms with Crippen LogP contribution in [0.4, 0.5) is 5.82 Å². The molecule has 300 valence electrons. The van der Waals surface area contributed by atoms with E-state index in [1.165, 1.54) is 13.3 Å². The Morgan fingerprint density at radius 3 is 2.11 bits per heavy atom. The molecule has 1 N–H and O–H groups in total. The van der Waals surface area contributed by atoms with Crippen molar-refractivity contribution >= 4 is 31.0 Å². The number of nitrogens with one attached hydrogen (secondary N) is 1. The number of benzene rings is 3. The van der Waals surface area contributed by atoms with Crippen molar-refractivity contribution in [3.8, 4) is 0 Å². The van der Waals surface area contributed by atoms with Crippen molar-refractivity contribution in [3.63, 3.8) is 0 Å². The Morgan fingerprint density at radius 1 is 0.895 bits per heavy atom. The highest BCUT2D eigenvalue weighted by molar-refractivity contribution is 6.76. The van der Waals surface area contributed by atoms with Crippen LogP contribution in [0, 0.1) is 0 Å². The monoisotopic (exact) mass is 794 g/mol. The number of hydrogen-bond donors (Lipinski definition) is 1. The average Bonchev–Trinajstić information content (AvgIpc) is 3.63. The first-order valence-electron chi connectivity index (χ1n) is 19.0. The van der Waals surface area contributed by atoms with Crippen LogP contribution in [0.5, 0.6) is 0 Å². The topological polar surface area (TPSA) is 177 Å². The number of rotatable bonds is 20. The second kappa shape index (κ2) is 20.3. The Balaban J connectivity index is 1.37. The highest BCUT2D eigenvalue weighted by Gasteiger charge is 2.51. The van der Waals surface area contributed by atoms with E-state index < -0.39 is 50.7 Å². The van der Waals surface area contributed by atoms with Crippen molar-refractivity contribution in [2.45, 2.75) is 95.8 Å². The normalized spacial score (nSPS) is 20.1. The molecule has 15 nitrogen and oxygen atoms in total. The molecule has 1 fully saturated rings. The van der Waals surface area contributed by atoms with Gasteiger partial charge in [0.05, 0.1) is 38.3 Å². The van der Waals surface area contributed by atoms with Crippen LogP contribution in [0.1, 0.15) is 23.6 Å². The van der Waals surface area contributed by atoms with Gasteiger partial charge in [-0.1, -0.05) is 116 Å². The standard InChI is InChI=1S/C41H50N8O7Si/c1-29(50)52-25-33(53-22-30-14-8-5-9-15-30)36-34(47-48-42)37(54-23-31-16-10-6-11-17-31)38(55-24-32-18-12-7-13-19-32)41(56-36)46-39-35-40(44-26-43-39)49(27-45-35)28-51-20-21-57(2,3)4/h5-19,26-27,33-34,36-38,41H,20-25,28H2,1-4H3,(H,43,44,46)/t33-,34-,36-,37+,38+,41-/m0/s1. The first-order valence-corrected chi connectivity index (χ1v) is 22.7. The number of esters is 1. The highest BCUT2D eigenvalue weighted by Crippen LogP contribution is 2.34. The minimum atomic E-state index is -1.27. The van der Waals surface area contributed by atoms with E-state index in [1.54, 1.807) is 6.33 Å². The predicted molar refractivity (Wildman–Crippen MR) is 216 cm³/mol. The first-order chi connectivity index (χ1) is 27.7. The summed E-state index contributed by atoms with van der Waals surface area (Å²) in [5.74, 6) is -0.123. The molecule has 0 saturated carbocycles. The van der Waals surface area contributed by atoms with E-state index in [2.05, 4.69) is 49.9 Å². The smallest absolute Gasteiger partial charge is 0.302 e. The van der Waals surface area contributed by atoms with E-state index in [0.717, 1.165) is 22.7 Å². The molecular weight excluding hydrogens is 745 g/mol. The van der Waals surface area contributed by atoms with Gasteiger partial charge >= 0.3 is 5.97 Å². The summed E-state index contributed by atoms with van der Waals surface area (Å²) in [4.78, 5) is 29.2. The zero-order chi connectivity index (χ0) is 40.0. The predicted octanol–water partition coefficient (Wildman–Crippen LogP) is 7.27. The van der Waals surface area contributed by atoms with Gasteiger partial charge in [0.25, 0.3) is 0 Å². The lowest BCUT2D eigenvalue weighted by Gasteiger charge is -2.47. The summed E-state index contributed by atoms with van der Waals surface area (Å²) in [5.41, 5.74) is 13.8. The van der Waals surface area contributed by atoms with Gasteiger partial charge in [0.15, 0.2) is 23.2 Å². The number of hydrogen-bond acceptors (Lipinski definition) is 12. The molecule has 1 aliphatic rings. The van der Waals surface area contributed by atoms with Crippen LogP contribution in [0.15, 0.2) is 109 Å². The maximum Gasteiger partial charge on any atom is 0.302 e. The summed E-state index contributed by atoms with van der Waals surface area (Å²) in [6.45, 7) is 9.51. The van der Waals surface area contributed by atoms with Gasteiger partial charge < -0.3 is 33.7 Å². The number of anilines is 1. The summed E-state index contributed by atoms with van der Waals surface area (Å²) >= 11 is 0. The number of aromatic nitrogens is 4. The Morgan fingerprint density at radius 2 is 1.51 bits per heavy atom. The fourth-order valence-electron chi connectivity index (χ4n) is 6.38. The fraction of sp³-hybridized carbons (Fsp3) is 0.415. The minimum absolute atomic E-state index is 0.168. The van der Waals surface area contributed by atoms with Crippen molar-refractivity contribution in [2.75, 3.05) is 18.5 Å². The summed E-state index contributed by atoms with van der Waals surface area (Å²) in [6, 6.07) is 29.0. The summed E-state index contributed by atoms with van der Waals surface area (Å²) in [7, 11) is -1.27. The minimum Gasteiger partial charge on any atom is -0.463 e. The van der Waals surface area contributed by atoms with Crippen LogP contribution in [0.3, 0.4) is 0 Å². The number of carbonyl (C=O) groups excluding carboxylic acids is 1. The van der Waals surface area contributed by atoms with Crippen LogP contribution >= 0.6 is 0 Å². The third kappa shape index (κ3) is 11.9. The third-order valence-corrected chi connectivity index (χ3v) is 11.1. The average molecular weight is 795 g/mol. The van der Waals surface area contributed by atoms with Gasteiger partial charge in [0.1, 0.15) is 38.0 Å². The van der Waals surface area contributed by atoms with Crippen molar-refractivity contribution in [2.24, 2.45) is 5.11 Å². The molecule has 6 atom stereocenters. The molecule has 0 spiro atoms. The molecule has 0 radical (unpaired) electrons. The Labute approximate surface area is 333 Å². The van der Waals surface area contributed by atoms with Crippen molar-refractivity contribution in [1.82, 2.24) is 19.5 Å². The number of fused-ring (bicyclic) bond motifs is 1. The summed E-state index contributed by atoms with van der Waals surface area (Å²) in [6.07, 6.45) is -1.51. The quantitative estimate of drug-likeness (QED) is 0.0209. The highest BCUT2D eigenvalue weighted by atomic mass is 28.3. The number of azide groups is 1. The van der Waals surface area contributed by atoms with Crippen LogP contribution in [0.25, 0.3) is 21.6 Å². The number of carbonyl (C=O) groups is 1. The molecule has 6 rings (SSSR count). The molecule has 3 heterocycles. The van der Waals surface area contributed by atoms with Crippen molar-refractivity contribution in [1.29, 1.82) is 0 Å². The maximum atomic E-state index is 12.2. The van der Waals surface area contributed by atoms with Crippen LogP contribution in [-0.4, -0.2) is 83.5 Å². The second-order valence-corrected chi connectivity index (χ2v) is 20.6. The van der Waals surface area contributed by atoms with Gasteiger partial charge in [-0.25, -0.2) is 15.0 Å². The Kier molecular flexibility index (Phi) is 14.8. The van der Waals surface area contributed by atoms with Gasteiger partial charge in [-0.3, -0.25) is 9.36 Å². The molecule has 1 aliphatic heterocycles. The van der Waals surface area contributed by atoms with E-state index in [4.69, 9.17) is 28.4 Å². The van der Waals surface area contributed by atoms with Gasteiger partial charge in [-0.2, -0.15) is 0 Å². The van der Waals surface area contributed by atoms with Gasteiger partial charge in [-0.15, -0.1) is 0 Å². The molecule has 5 aromatic rings. The van der Waals surface area contributed by atoms with Crippen LogP contribution in [0.2, 0.25) is 25.7 Å². The lowest BCUT2D eigenvalue weighted by Crippen LogP contribution is -2.64. The van der Waals surface area contributed by atoms with Crippen molar-refractivity contribution in [3.05, 3.63) is 131 Å². The Bertz CT molecular complexity index is 2050. The Hall–Kier alpha value is -5.19. The molecular formula is C41H50N8O7Si. The SMILES string of the molecule is CC(=O)OC[C@H](OCc1ccccc1)[C@@H]1O[C@H](Nc2ncnc3c2ncn3COCC[Si](C)(C)C)[C@H](OCc2ccccc2)[C@H](OCc2ccccc2)[C@H]1N=[N+]=[N-]. The van der Waals surface area contributed by atoms with Crippen LogP contribution in [-0.2, 0) is 59.8 Å².